The van der Waals surface area contributed by atoms with Crippen molar-refractivity contribution in [1.82, 2.24) is 23.1 Å². The first-order valence-corrected chi connectivity index (χ1v) is 10.2. The number of aromatic nitrogens is 5. The smallest absolute Gasteiger partial charge is 0.279 e. The lowest BCUT2D eigenvalue weighted by Crippen LogP contribution is -2.39. The molecule has 3 heterocycles. The SMILES string of the molecule is Cc1ccc(/C=c2\c(=O)n(Cc3ccccc3)c3nc4c(c(=O)n(C)c(=O)n4C)n23)cc1. The van der Waals surface area contributed by atoms with Gasteiger partial charge in [-0.2, -0.15) is 4.98 Å². The van der Waals surface area contributed by atoms with Gasteiger partial charge in [-0.05, 0) is 24.1 Å². The summed E-state index contributed by atoms with van der Waals surface area (Å²) in [6, 6.07) is 17.3. The molecule has 0 N–H and O–H groups in total. The van der Waals surface area contributed by atoms with Gasteiger partial charge in [0.2, 0.25) is 5.78 Å². The van der Waals surface area contributed by atoms with Crippen LogP contribution in [0.25, 0.3) is 23.0 Å². The van der Waals surface area contributed by atoms with Crippen molar-refractivity contribution >= 4 is 23.0 Å². The van der Waals surface area contributed by atoms with Crippen molar-refractivity contribution in [3.05, 3.63) is 108 Å². The van der Waals surface area contributed by atoms with E-state index in [-0.39, 0.29) is 16.7 Å². The van der Waals surface area contributed by atoms with E-state index in [9.17, 15) is 14.4 Å². The minimum atomic E-state index is -0.494. The molecule has 0 saturated carbocycles. The predicted octanol–water partition coefficient (Wildman–Crippen LogP) is 0.951. The van der Waals surface area contributed by atoms with Crippen molar-refractivity contribution in [3.63, 3.8) is 0 Å². The van der Waals surface area contributed by atoms with Crippen molar-refractivity contribution < 1.29 is 0 Å². The lowest BCUT2D eigenvalue weighted by atomic mass is 10.1. The number of fused-ring (bicyclic) bond motifs is 3. The number of benzene rings is 2. The summed E-state index contributed by atoms with van der Waals surface area (Å²) in [5, 5.41) is 0.318. The molecule has 0 radical (unpaired) electrons. The highest BCUT2D eigenvalue weighted by atomic mass is 16.2. The molecule has 0 amide bonds. The number of aryl methyl sites for hydroxylation is 2. The Kier molecular flexibility index (Phi) is 4.44. The summed E-state index contributed by atoms with van der Waals surface area (Å²) in [6.45, 7) is 2.29. The molecule has 0 aliphatic rings. The van der Waals surface area contributed by atoms with Gasteiger partial charge in [0.1, 0.15) is 5.35 Å². The molecule has 3 aromatic heterocycles. The summed E-state index contributed by atoms with van der Waals surface area (Å²) >= 11 is 0. The van der Waals surface area contributed by atoms with E-state index in [2.05, 4.69) is 4.98 Å². The van der Waals surface area contributed by atoms with Gasteiger partial charge < -0.3 is 0 Å². The van der Waals surface area contributed by atoms with E-state index < -0.39 is 11.2 Å². The second-order valence-corrected chi connectivity index (χ2v) is 7.94. The Morgan fingerprint density at radius 3 is 2.25 bits per heavy atom. The zero-order valence-corrected chi connectivity index (χ0v) is 17.9. The van der Waals surface area contributed by atoms with Gasteiger partial charge in [0.05, 0.1) is 6.54 Å². The molecular formula is C24H21N5O3. The lowest BCUT2D eigenvalue weighted by molar-refractivity contribution is 0.707. The normalized spacial score (nSPS) is 12.3. The van der Waals surface area contributed by atoms with Gasteiger partial charge in [-0.3, -0.25) is 27.7 Å². The predicted molar refractivity (Wildman–Crippen MR) is 123 cm³/mol. The van der Waals surface area contributed by atoms with E-state index in [1.165, 1.54) is 11.6 Å². The minimum absolute atomic E-state index is 0.201. The van der Waals surface area contributed by atoms with Crippen LogP contribution >= 0.6 is 0 Å². The van der Waals surface area contributed by atoms with Crippen molar-refractivity contribution in [2.24, 2.45) is 14.1 Å². The first kappa shape index (κ1) is 19.7. The highest BCUT2D eigenvalue weighted by Gasteiger charge is 2.21. The van der Waals surface area contributed by atoms with Crippen LogP contribution < -0.4 is 22.2 Å². The van der Waals surface area contributed by atoms with Gasteiger partial charge >= 0.3 is 5.69 Å². The summed E-state index contributed by atoms with van der Waals surface area (Å²) in [6.07, 6.45) is 1.75. The van der Waals surface area contributed by atoms with Gasteiger partial charge in [0, 0.05) is 14.1 Å². The number of rotatable bonds is 3. The summed E-state index contributed by atoms with van der Waals surface area (Å²) < 4.78 is 5.48. The van der Waals surface area contributed by atoms with Gasteiger partial charge in [-0.1, -0.05) is 60.2 Å². The van der Waals surface area contributed by atoms with E-state index in [1.807, 2.05) is 61.5 Å². The zero-order valence-electron chi connectivity index (χ0n) is 17.9. The first-order valence-electron chi connectivity index (χ1n) is 10.2. The third-order valence-corrected chi connectivity index (χ3v) is 5.75. The third-order valence-electron chi connectivity index (χ3n) is 5.75. The van der Waals surface area contributed by atoms with Crippen LogP contribution in [0.15, 0.2) is 69.0 Å². The second kappa shape index (κ2) is 7.19. The molecular weight excluding hydrogens is 406 g/mol. The van der Waals surface area contributed by atoms with Crippen LogP contribution in [-0.2, 0) is 20.6 Å². The summed E-state index contributed by atoms with van der Waals surface area (Å²) in [5.41, 5.74) is 2.09. The average molecular weight is 427 g/mol. The van der Waals surface area contributed by atoms with Crippen LogP contribution in [-0.4, -0.2) is 23.1 Å². The van der Waals surface area contributed by atoms with Gasteiger partial charge in [-0.15, -0.1) is 0 Å². The maximum atomic E-state index is 13.5. The van der Waals surface area contributed by atoms with Crippen molar-refractivity contribution in [2.45, 2.75) is 13.5 Å². The van der Waals surface area contributed by atoms with E-state index in [0.717, 1.165) is 21.3 Å². The molecule has 8 nitrogen and oxygen atoms in total. The minimum Gasteiger partial charge on any atom is -0.279 e. The fourth-order valence-corrected chi connectivity index (χ4v) is 3.97. The Balaban J connectivity index is 1.94. The van der Waals surface area contributed by atoms with Crippen LogP contribution in [0.3, 0.4) is 0 Å². The van der Waals surface area contributed by atoms with E-state index in [1.54, 1.807) is 22.1 Å². The molecule has 32 heavy (non-hydrogen) atoms. The first-order chi connectivity index (χ1) is 15.4. The molecule has 0 spiro atoms. The van der Waals surface area contributed by atoms with Crippen molar-refractivity contribution in [3.8, 4) is 0 Å². The monoisotopic (exact) mass is 427 g/mol. The fourth-order valence-electron chi connectivity index (χ4n) is 3.97. The van der Waals surface area contributed by atoms with E-state index in [4.69, 9.17) is 0 Å². The Labute approximate surface area is 181 Å². The molecule has 0 saturated heterocycles. The molecule has 160 valence electrons. The topological polar surface area (TPSA) is 83.3 Å². The number of hydrogen-bond acceptors (Lipinski definition) is 4. The number of hydrogen-bond donors (Lipinski definition) is 0. The molecule has 0 bridgehead atoms. The van der Waals surface area contributed by atoms with Crippen LogP contribution in [0.2, 0.25) is 0 Å². The summed E-state index contributed by atoms with van der Waals surface area (Å²) in [5.74, 6) is 0.325. The van der Waals surface area contributed by atoms with E-state index in [0.29, 0.717) is 17.7 Å². The molecule has 0 aliphatic carbocycles. The maximum absolute atomic E-state index is 13.5. The lowest BCUT2D eigenvalue weighted by Gasteiger charge is -2.02. The highest BCUT2D eigenvalue weighted by molar-refractivity contribution is 5.76. The average Bonchev–Trinajstić information content (AvgIpc) is 3.30. The van der Waals surface area contributed by atoms with E-state index >= 15 is 0 Å². The molecule has 0 fully saturated rings. The number of imidazole rings is 2. The molecule has 8 heteroatoms. The van der Waals surface area contributed by atoms with Gasteiger partial charge in [0.15, 0.2) is 11.2 Å². The highest BCUT2D eigenvalue weighted by Crippen LogP contribution is 2.11. The van der Waals surface area contributed by atoms with Crippen LogP contribution in [0.1, 0.15) is 16.7 Å². The van der Waals surface area contributed by atoms with Crippen LogP contribution in [0.4, 0.5) is 0 Å². The molecule has 0 atom stereocenters. The zero-order chi connectivity index (χ0) is 22.6. The van der Waals surface area contributed by atoms with Crippen LogP contribution in [0, 0.1) is 6.92 Å². The summed E-state index contributed by atoms with van der Waals surface area (Å²) in [4.78, 5) is 43.6. The van der Waals surface area contributed by atoms with Gasteiger partial charge in [-0.25, -0.2) is 4.79 Å². The number of nitrogens with zero attached hydrogens (tertiary/aromatic N) is 5. The summed E-state index contributed by atoms with van der Waals surface area (Å²) in [7, 11) is 2.99. The second-order valence-electron chi connectivity index (χ2n) is 7.94. The standard InChI is InChI=1S/C24H21N5O3/c1-15-9-11-16(12-10-15)13-18-21(30)28(14-17-7-5-4-6-8-17)23-25-20-19(29(18)23)22(31)27(3)24(32)26(20)2/h4-13H,14H2,1-3H3/b18-13+. The van der Waals surface area contributed by atoms with Crippen molar-refractivity contribution in [1.29, 1.82) is 0 Å². The Morgan fingerprint density at radius 2 is 1.56 bits per heavy atom. The Morgan fingerprint density at radius 1 is 0.875 bits per heavy atom. The molecule has 5 rings (SSSR count). The largest absolute Gasteiger partial charge is 0.332 e. The fraction of sp³-hybridized carbons (Fsp3) is 0.167. The van der Waals surface area contributed by atoms with Crippen molar-refractivity contribution in [2.75, 3.05) is 0 Å². The van der Waals surface area contributed by atoms with Crippen LogP contribution in [0.5, 0.6) is 0 Å². The quantitative estimate of drug-likeness (QED) is 0.429. The molecule has 0 aliphatic heterocycles. The Hall–Kier alpha value is -4.20. The van der Waals surface area contributed by atoms with Gasteiger partial charge in [0.25, 0.3) is 11.1 Å². The molecule has 5 aromatic rings. The molecule has 2 aromatic carbocycles. The maximum Gasteiger partial charge on any atom is 0.332 e. The third kappa shape index (κ3) is 2.91. The molecule has 0 unspecified atom stereocenters. The Bertz CT molecular complexity index is 1720.